The number of benzene rings is 2. The predicted octanol–water partition coefficient (Wildman–Crippen LogP) is 3.44. The van der Waals surface area contributed by atoms with E-state index in [0.717, 1.165) is 12.8 Å². The highest BCUT2D eigenvalue weighted by Gasteiger charge is 2.22. The van der Waals surface area contributed by atoms with Gasteiger partial charge < -0.3 is 10.1 Å². The van der Waals surface area contributed by atoms with Gasteiger partial charge in [0.25, 0.3) is 15.9 Å². The Hall–Kier alpha value is -2.54. The summed E-state index contributed by atoms with van der Waals surface area (Å²) in [6.07, 6.45) is 1.86. The highest BCUT2D eigenvalue weighted by atomic mass is 32.2. The average molecular weight is 391 g/mol. The van der Waals surface area contributed by atoms with Gasteiger partial charge in [0.05, 0.1) is 17.7 Å². The third kappa shape index (κ3) is 5.01. The van der Waals surface area contributed by atoms with Gasteiger partial charge in [0, 0.05) is 18.7 Å². The van der Waals surface area contributed by atoms with Crippen molar-refractivity contribution in [2.24, 2.45) is 0 Å². The molecule has 0 spiro atoms. The lowest BCUT2D eigenvalue weighted by Crippen LogP contribution is -2.32. The maximum Gasteiger partial charge on any atom is 0.264 e. The van der Waals surface area contributed by atoms with E-state index in [2.05, 4.69) is 12.2 Å². The first-order chi connectivity index (χ1) is 12.8. The number of ether oxygens (including phenoxy) is 1. The van der Waals surface area contributed by atoms with Crippen molar-refractivity contribution in [3.63, 3.8) is 0 Å². The third-order valence-corrected chi connectivity index (χ3v) is 6.09. The molecule has 2 aromatic rings. The molecule has 0 aromatic heterocycles. The normalized spacial score (nSPS) is 12.3. The fourth-order valence-corrected chi connectivity index (χ4v) is 3.89. The molecule has 146 valence electrons. The lowest BCUT2D eigenvalue weighted by Gasteiger charge is -2.20. The van der Waals surface area contributed by atoms with Gasteiger partial charge in [-0.15, -0.1) is 0 Å². The molecule has 7 heteroatoms. The van der Waals surface area contributed by atoms with Crippen LogP contribution in [-0.2, 0) is 10.0 Å². The fourth-order valence-electron chi connectivity index (χ4n) is 2.70. The van der Waals surface area contributed by atoms with Gasteiger partial charge in [-0.25, -0.2) is 8.42 Å². The quantitative estimate of drug-likeness (QED) is 0.749. The van der Waals surface area contributed by atoms with E-state index in [9.17, 15) is 13.2 Å². The zero-order valence-corrected chi connectivity index (χ0v) is 16.9. The maximum atomic E-state index is 12.9. The Morgan fingerprint density at radius 1 is 1.19 bits per heavy atom. The summed E-state index contributed by atoms with van der Waals surface area (Å²) in [7, 11) is -0.755. The van der Waals surface area contributed by atoms with Crippen LogP contribution in [0.3, 0.4) is 0 Å². The van der Waals surface area contributed by atoms with E-state index in [-0.39, 0.29) is 16.8 Å². The van der Waals surface area contributed by atoms with Gasteiger partial charge in [-0.3, -0.25) is 9.10 Å². The van der Waals surface area contributed by atoms with Crippen molar-refractivity contribution in [2.75, 3.05) is 18.5 Å². The second-order valence-electron chi connectivity index (χ2n) is 6.36. The number of rotatable bonds is 8. The van der Waals surface area contributed by atoms with E-state index in [0.29, 0.717) is 17.0 Å². The van der Waals surface area contributed by atoms with E-state index in [4.69, 9.17) is 4.74 Å². The first-order valence-corrected chi connectivity index (χ1v) is 10.3. The van der Waals surface area contributed by atoms with E-state index in [1.807, 2.05) is 6.92 Å². The molecule has 1 amide bonds. The molecule has 2 rings (SSSR count). The molecule has 0 bridgehead atoms. The highest BCUT2D eigenvalue weighted by molar-refractivity contribution is 7.92. The number of hydrogen-bond acceptors (Lipinski definition) is 4. The summed E-state index contributed by atoms with van der Waals surface area (Å²) >= 11 is 0. The fraction of sp³-hybridized carbons (Fsp3) is 0.350. The number of amides is 1. The van der Waals surface area contributed by atoms with E-state index >= 15 is 0 Å². The number of nitrogens with zero attached hydrogens (tertiary/aromatic N) is 1. The summed E-state index contributed by atoms with van der Waals surface area (Å²) in [6.45, 7) is 4.01. The van der Waals surface area contributed by atoms with Gasteiger partial charge in [-0.05, 0) is 55.8 Å². The lowest BCUT2D eigenvalue weighted by atomic mass is 10.1. The van der Waals surface area contributed by atoms with Crippen molar-refractivity contribution in [1.29, 1.82) is 0 Å². The van der Waals surface area contributed by atoms with Crippen LogP contribution < -0.4 is 14.4 Å². The predicted molar refractivity (Wildman–Crippen MR) is 107 cm³/mol. The monoisotopic (exact) mass is 390 g/mol. The lowest BCUT2D eigenvalue weighted by molar-refractivity contribution is 0.0938. The molecular formula is C20H26N2O4S. The Bertz CT molecular complexity index is 879. The Kier molecular flexibility index (Phi) is 6.85. The zero-order chi connectivity index (χ0) is 20.0. The number of methoxy groups -OCH3 is 1. The van der Waals surface area contributed by atoms with Gasteiger partial charge in [0.2, 0.25) is 0 Å². The largest absolute Gasteiger partial charge is 0.497 e. The molecule has 0 aliphatic carbocycles. The SMILES string of the molecule is CCC[C@@H](C)NC(=O)c1cccc(N(C)S(=O)(=O)c2ccc(OC)cc2)c1. The molecule has 0 radical (unpaired) electrons. The van der Waals surface area contributed by atoms with Gasteiger partial charge in [0.15, 0.2) is 0 Å². The molecule has 2 aromatic carbocycles. The molecule has 1 N–H and O–H groups in total. The summed E-state index contributed by atoms with van der Waals surface area (Å²) in [6, 6.07) is 12.8. The van der Waals surface area contributed by atoms with Crippen LogP contribution in [0.1, 0.15) is 37.0 Å². The zero-order valence-electron chi connectivity index (χ0n) is 16.1. The Balaban J connectivity index is 2.25. The summed E-state index contributed by atoms with van der Waals surface area (Å²) in [5, 5.41) is 2.93. The minimum Gasteiger partial charge on any atom is -0.497 e. The Morgan fingerprint density at radius 2 is 1.85 bits per heavy atom. The van der Waals surface area contributed by atoms with Crippen LogP contribution in [-0.4, -0.2) is 34.5 Å². The molecule has 0 unspecified atom stereocenters. The van der Waals surface area contributed by atoms with Crippen LogP contribution in [0.5, 0.6) is 5.75 Å². The number of hydrogen-bond donors (Lipinski definition) is 1. The molecule has 0 aliphatic heterocycles. The van der Waals surface area contributed by atoms with Gasteiger partial charge in [-0.2, -0.15) is 0 Å². The van der Waals surface area contributed by atoms with Crippen LogP contribution >= 0.6 is 0 Å². The molecular weight excluding hydrogens is 364 g/mol. The van der Waals surface area contributed by atoms with Crippen molar-refractivity contribution in [3.8, 4) is 5.75 Å². The number of nitrogens with one attached hydrogen (secondary N) is 1. The number of anilines is 1. The minimum atomic E-state index is -3.75. The molecule has 0 heterocycles. The number of sulfonamides is 1. The molecule has 27 heavy (non-hydrogen) atoms. The van der Waals surface area contributed by atoms with Crippen molar-refractivity contribution in [3.05, 3.63) is 54.1 Å². The standard InChI is InChI=1S/C20H26N2O4S/c1-5-7-15(2)21-20(23)16-8-6-9-17(14-16)22(3)27(24,25)19-12-10-18(26-4)11-13-19/h6,8-15H,5,7H2,1-4H3,(H,21,23)/t15-/m1/s1. The van der Waals surface area contributed by atoms with E-state index in [1.54, 1.807) is 36.4 Å². The van der Waals surface area contributed by atoms with Crippen LogP contribution in [0.4, 0.5) is 5.69 Å². The van der Waals surface area contributed by atoms with Crippen LogP contribution in [0.15, 0.2) is 53.4 Å². The van der Waals surface area contributed by atoms with E-state index in [1.165, 1.54) is 30.6 Å². The van der Waals surface area contributed by atoms with Gasteiger partial charge in [-0.1, -0.05) is 19.4 Å². The summed E-state index contributed by atoms with van der Waals surface area (Å²) in [5.41, 5.74) is 0.842. The molecule has 0 aliphatic rings. The molecule has 6 nitrogen and oxygen atoms in total. The summed E-state index contributed by atoms with van der Waals surface area (Å²) in [5.74, 6) is 0.365. The van der Waals surface area contributed by atoms with Crippen LogP contribution in [0.25, 0.3) is 0 Å². The number of carbonyl (C=O) groups excluding carboxylic acids is 1. The Labute approximate surface area is 161 Å². The van der Waals surface area contributed by atoms with Gasteiger partial charge in [0.1, 0.15) is 5.75 Å². The molecule has 0 saturated carbocycles. The minimum absolute atomic E-state index is 0.0620. The molecule has 0 fully saturated rings. The van der Waals surface area contributed by atoms with Crippen molar-refractivity contribution < 1.29 is 17.9 Å². The smallest absolute Gasteiger partial charge is 0.264 e. The van der Waals surface area contributed by atoms with Crippen molar-refractivity contribution in [1.82, 2.24) is 5.32 Å². The topological polar surface area (TPSA) is 75.7 Å². The Morgan fingerprint density at radius 3 is 2.44 bits per heavy atom. The second kappa shape index (κ2) is 8.90. The summed E-state index contributed by atoms with van der Waals surface area (Å²) < 4.78 is 32.0. The average Bonchev–Trinajstić information content (AvgIpc) is 2.67. The second-order valence-corrected chi connectivity index (χ2v) is 8.33. The van der Waals surface area contributed by atoms with Crippen molar-refractivity contribution in [2.45, 2.75) is 37.6 Å². The van der Waals surface area contributed by atoms with E-state index < -0.39 is 10.0 Å². The molecule has 1 atom stereocenters. The number of carbonyl (C=O) groups is 1. The first-order valence-electron chi connectivity index (χ1n) is 8.83. The van der Waals surface area contributed by atoms with Crippen molar-refractivity contribution >= 4 is 21.6 Å². The van der Waals surface area contributed by atoms with Crippen LogP contribution in [0.2, 0.25) is 0 Å². The summed E-state index contributed by atoms with van der Waals surface area (Å²) in [4.78, 5) is 12.6. The van der Waals surface area contributed by atoms with Gasteiger partial charge >= 0.3 is 0 Å². The highest BCUT2D eigenvalue weighted by Crippen LogP contribution is 2.24. The first kappa shape index (κ1) is 20.8. The third-order valence-electron chi connectivity index (χ3n) is 4.29. The van der Waals surface area contributed by atoms with Crippen LogP contribution in [0, 0.1) is 0 Å². The maximum absolute atomic E-state index is 12.9. The molecule has 0 saturated heterocycles.